The zero-order chi connectivity index (χ0) is 14.8. The first kappa shape index (κ1) is 15.1. The minimum atomic E-state index is -0.210. The van der Waals surface area contributed by atoms with Crippen LogP contribution in [0.5, 0.6) is 0 Å². The fourth-order valence-corrected chi connectivity index (χ4v) is 4.09. The molecular formula is C17H24ClFN2. The van der Waals surface area contributed by atoms with Gasteiger partial charge in [0.05, 0.1) is 10.7 Å². The minimum absolute atomic E-state index is 0.210. The molecule has 1 aromatic carbocycles. The number of nitrogens with zero attached hydrogens (tertiary/aromatic N) is 1. The van der Waals surface area contributed by atoms with Crippen LogP contribution in [-0.2, 0) is 0 Å². The van der Waals surface area contributed by atoms with Crippen molar-refractivity contribution in [2.24, 2.45) is 5.92 Å². The van der Waals surface area contributed by atoms with Gasteiger partial charge in [0.2, 0.25) is 0 Å². The predicted molar refractivity (Wildman–Crippen MR) is 86.6 cm³/mol. The number of para-hydroxylation sites is 1. The molecule has 1 aliphatic carbocycles. The molecule has 4 heteroatoms. The normalized spacial score (nSPS) is 27.9. The van der Waals surface area contributed by atoms with Gasteiger partial charge >= 0.3 is 0 Å². The van der Waals surface area contributed by atoms with E-state index in [0.717, 1.165) is 19.0 Å². The molecule has 2 nitrogen and oxygen atoms in total. The zero-order valence-corrected chi connectivity index (χ0v) is 13.4. The Labute approximate surface area is 131 Å². The van der Waals surface area contributed by atoms with Crippen LogP contribution in [0.2, 0.25) is 5.02 Å². The van der Waals surface area contributed by atoms with Crippen molar-refractivity contribution in [1.29, 1.82) is 0 Å². The Morgan fingerprint density at radius 2 is 2.00 bits per heavy atom. The van der Waals surface area contributed by atoms with Crippen LogP contribution < -0.4 is 10.2 Å². The van der Waals surface area contributed by atoms with E-state index in [-0.39, 0.29) is 11.9 Å². The Bertz CT molecular complexity index is 467. The molecule has 1 saturated carbocycles. The Balaban J connectivity index is 1.80. The van der Waals surface area contributed by atoms with Gasteiger partial charge in [-0.1, -0.05) is 36.9 Å². The first-order valence-electron chi connectivity index (χ1n) is 8.11. The van der Waals surface area contributed by atoms with Gasteiger partial charge in [-0.3, -0.25) is 0 Å². The van der Waals surface area contributed by atoms with Crippen LogP contribution in [0, 0.1) is 11.7 Å². The third-order valence-corrected chi connectivity index (χ3v) is 5.35. The highest BCUT2D eigenvalue weighted by Gasteiger charge is 2.32. The highest BCUT2D eigenvalue weighted by molar-refractivity contribution is 6.33. The highest BCUT2D eigenvalue weighted by atomic mass is 35.5. The second-order valence-electron chi connectivity index (χ2n) is 6.48. The zero-order valence-electron chi connectivity index (χ0n) is 12.6. The summed E-state index contributed by atoms with van der Waals surface area (Å²) in [4.78, 5) is 2.16. The summed E-state index contributed by atoms with van der Waals surface area (Å²) in [6.07, 6.45) is 6.62. The summed E-state index contributed by atoms with van der Waals surface area (Å²) in [7, 11) is 0. The van der Waals surface area contributed by atoms with Gasteiger partial charge < -0.3 is 10.2 Å². The van der Waals surface area contributed by atoms with E-state index in [1.54, 1.807) is 12.1 Å². The molecule has 0 aromatic heterocycles. The van der Waals surface area contributed by atoms with Crippen molar-refractivity contribution in [2.45, 2.75) is 51.1 Å². The number of piperazine rings is 1. The monoisotopic (exact) mass is 310 g/mol. The van der Waals surface area contributed by atoms with E-state index in [1.165, 1.54) is 38.2 Å². The number of anilines is 1. The summed E-state index contributed by atoms with van der Waals surface area (Å²) in [5.74, 6) is 0.512. The summed E-state index contributed by atoms with van der Waals surface area (Å²) < 4.78 is 14.2. The van der Waals surface area contributed by atoms with Crippen molar-refractivity contribution in [3.8, 4) is 0 Å². The fourth-order valence-electron chi connectivity index (χ4n) is 3.82. The molecule has 2 unspecified atom stereocenters. The summed E-state index contributed by atoms with van der Waals surface area (Å²) in [5.41, 5.74) is 0.578. The molecule has 3 rings (SSSR count). The van der Waals surface area contributed by atoms with Crippen LogP contribution in [0.1, 0.15) is 39.0 Å². The number of nitrogens with one attached hydrogen (secondary N) is 1. The average molecular weight is 311 g/mol. The molecule has 1 heterocycles. The standard InChI is InChI=1S/C17H24ClFN2/c1-12-10-20-16(13-6-3-2-4-7-13)11-21(12)17-14(18)8-5-9-15(17)19/h5,8-9,12-13,16,20H,2-4,6-7,10-11H2,1H3. The Kier molecular flexibility index (Phi) is 4.70. The molecule has 2 fully saturated rings. The maximum Gasteiger partial charge on any atom is 0.148 e. The molecule has 1 saturated heterocycles. The summed E-state index contributed by atoms with van der Waals surface area (Å²) in [6, 6.07) is 5.68. The van der Waals surface area contributed by atoms with Gasteiger partial charge in [0.15, 0.2) is 0 Å². The molecule has 0 spiro atoms. The van der Waals surface area contributed by atoms with Crippen molar-refractivity contribution in [3.63, 3.8) is 0 Å². The van der Waals surface area contributed by atoms with E-state index in [1.807, 2.05) is 0 Å². The lowest BCUT2D eigenvalue weighted by Gasteiger charge is -2.44. The summed E-state index contributed by atoms with van der Waals surface area (Å²) in [6.45, 7) is 3.88. The Hall–Kier alpha value is -0.800. The van der Waals surface area contributed by atoms with E-state index in [4.69, 9.17) is 11.6 Å². The minimum Gasteiger partial charge on any atom is -0.362 e. The first-order valence-corrected chi connectivity index (χ1v) is 8.48. The molecular weight excluding hydrogens is 287 g/mol. The molecule has 0 bridgehead atoms. The Morgan fingerprint density at radius 3 is 2.71 bits per heavy atom. The van der Waals surface area contributed by atoms with Crippen molar-refractivity contribution in [1.82, 2.24) is 5.32 Å². The lowest BCUT2D eigenvalue weighted by molar-refractivity contribution is 0.244. The second kappa shape index (κ2) is 6.53. The van der Waals surface area contributed by atoms with Crippen LogP contribution in [0.15, 0.2) is 18.2 Å². The number of hydrogen-bond acceptors (Lipinski definition) is 2. The summed E-state index contributed by atoms with van der Waals surface area (Å²) in [5, 5.41) is 4.19. The number of benzene rings is 1. The van der Waals surface area contributed by atoms with Crippen LogP contribution >= 0.6 is 11.6 Å². The average Bonchev–Trinajstić information content (AvgIpc) is 2.50. The van der Waals surface area contributed by atoms with Gasteiger partial charge in [-0.2, -0.15) is 0 Å². The lowest BCUT2D eigenvalue weighted by Crippen LogP contribution is -2.58. The topological polar surface area (TPSA) is 15.3 Å². The lowest BCUT2D eigenvalue weighted by atomic mass is 9.82. The predicted octanol–water partition coefficient (Wildman–Crippen LogP) is 4.23. The van der Waals surface area contributed by atoms with Gasteiger partial charge in [0, 0.05) is 25.2 Å². The van der Waals surface area contributed by atoms with Crippen LogP contribution in [-0.4, -0.2) is 25.2 Å². The molecule has 0 radical (unpaired) electrons. The molecule has 116 valence electrons. The van der Waals surface area contributed by atoms with Gasteiger partial charge in [-0.05, 0) is 37.8 Å². The molecule has 1 aliphatic heterocycles. The molecule has 21 heavy (non-hydrogen) atoms. The van der Waals surface area contributed by atoms with Gasteiger partial charge in [0.25, 0.3) is 0 Å². The van der Waals surface area contributed by atoms with Crippen LogP contribution in [0.3, 0.4) is 0 Å². The van der Waals surface area contributed by atoms with Crippen LogP contribution in [0.25, 0.3) is 0 Å². The maximum atomic E-state index is 14.2. The first-order chi connectivity index (χ1) is 10.2. The molecule has 0 amide bonds. The number of rotatable bonds is 2. The smallest absolute Gasteiger partial charge is 0.148 e. The summed E-state index contributed by atoms with van der Waals surface area (Å²) >= 11 is 6.26. The molecule has 1 aromatic rings. The second-order valence-corrected chi connectivity index (χ2v) is 6.89. The number of halogens is 2. The van der Waals surface area contributed by atoms with E-state index in [2.05, 4.69) is 17.1 Å². The van der Waals surface area contributed by atoms with E-state index in [9.17, 15) is 4.39 Å². The SMILES string of the molecule is CC1CNC(C2CCCCC2)CN1c1c(F)cccc1Cl. The van der Waals surface area contributed by atoms with Crippen molar-refractivity contribution >= 4 is 17.3 Å². The van der Waals surface area contributed by atoms with Crippen LogP contribution in [0.4, 0.5) is 10.1 Å². The van der Waals surface area contributed by atoms with E-state index in [0.29, 0.717) is 16.8 Å². The van der Waals surface area contributed by atoms with E-state index >= 15 is 0 Å². The Morgan fingerprint density at radius 1 is 1.24 bits per heavy atom. The van der Waals surface area contributed by atoms with Gasteiger partial charge in [-0.15, -0.1) is 0 Å². The molecule has 2 aliphatic rings. The van der Waals surface area contributed by atoms with Crippen molar-refractivity contribution < 1.29 is 4.39 Å². The van der Waals surface area contributed by atoms with Crippen molar-refractivity contribution in [3.05, 3.63) is 29.0 Å². The largest absolute Gasteiger partial charge is 0.362 e. The third-order valence-electron chi connectivity index (χ3n) is 5.04. The van der Waals surface area contributed by atoms with Gasteiger partial charge in [-0.25, -0.2) is 4.39 Å². The van der Waals surface area contributed by atoms with Crippen molar-refractivity contribution in [2.75, 3.05) is 18.0 Å². The quantitative estimate of drug-likeness (QED) is 0.879. The molecule has 1 N–H and O–H groups in total. The molecule has 2 atom stereocenters. The number of hydrogen-bond donors (Lipinski definition) is 1. The highest BCUT2D eigenvalue weighted by Crippen LogP contribution is 2.34. The third kappa shape index (κ3) is 3.19. The van der Waals surface area contributed by atoms with E-state index < -0.39 is 0 Å². The maximum absolute atomic E-state index is 14.2. The van der Waals surface area contributed by atoms with Gasteiger partial charge in [0.1, 0.15) is 5.82 Å². The fraction of sp³-hybridized carbons (Fsp3) is 0.647.